The Morgan fingerprint density at radius 1 is 0.818 bits per heavy atom. The van der Waals surface area contributed by atoms with Gasteiger partial charge in [0.1, 0.15) is 17.0 Å². The maximum atomic E-state index is 5.97. The smallest absolute Gasteiger partial charge is 0.244 e. The zero-order valence-corrected chi connectivity index (χ0v) is 12.1. The first-order valence-electron chi connectivity index (χ1n) is 7.03. The molecule has 0 amide bonds. The van der Waals surface area contributed by atoms with Crippen LogP contribution in [0.4, 0.5) is 0 Å². The second kappa shape index (κ2) is 5.07. The van der Waals surface area contributed by atoms with E-state index in [1.807, 2.05) is 66.9 Å². The van der Waals surface area contributed by atoms with E-state index in [1.165, 1.54) is 0 Å². The highest BCUT2D eigenvalue weighted by Gasteiger charge is 2.09. The highest BCUT2D eigenvalue weighted by molar-refractivity contribution is 5.81. The minimum absolute atomic E-state index is 0.592. The Labute approximate surface area is 127 Å². The molecule has 0 fully saturated rings. The van der Waals surface area contributed by atoms with Gasteiger partial charge in [0.2, 0.25) is 5.88 Å². The topological polar surface area (TPSA) is 35.8 Å². The molecule has 0 saturated heterocycles. The van der Waals surface area contributed by atoms with Gasteiger partial charge in [-0.05, 0) is 48.5 Å². The largest absolute Gasteiger partial charge is 0.497 e. The number of ether oxygens (including phenoxy) is 2. The lowest BCUT2D eigenvalue weighted by molar-refractivity contribution is 0.412. The molecule has 2 aromatic carbocycles. The molecule has 4 heteroatoms. The number of benzene rings is 2. The molecule has 2 aromatic heterocycles. The van der Waals surface area contributed by atoms with Gasteiger partial charge in [0.25, 0.3) is 0 Å². The highest BCUT2D eigenvalue weighted by Crippen LogP contribution is 2.29. The number of para-hydroxylation sites is 2. The van der Waals surface area contributed by atoms with E-state index in [1.54, 1.807) is 7.11 Å². The van der Waals surface area contributed by atoms with Crippen LogP contribution in [-0.2, 0) is 0 Å². The van der Waals surface area contributed by atoms with Crippen LogP contribution in [0.25, 0.3) is 16.6 Å². The van der Waals surface area contributed by atoms with E-state index in [0.29, 0.717) is 5.88 Å². The summed E-state index contributed by atoms with van der Waals surface area (Å²) in [6.45, 7) is 0. The van der Waals surface area contributed by atoms with Gasteiger partial charge in [-0.3, -0.25) is 0 Å². The van der Waals surface area contributed by atoms with Crippen LogP contribution in [0, 0.1) is 0 Å². The van der Waals surface area contributed by atoms with Crippen molar-refractivity contribution in [3.05, 3.63) is 66.9 Å². The van der Waals surface area contributed by atoms with Gasteiger partial charge in [0.15, 0.2) is 0 Å². The van der Waals surface area contributed by atoms with Crippen molar-refractivity contribution in [2.24, 2.45) is 0 Å². The quantitative estimate of drug-likeness (QED) is 0.564. The molecule has 2 heterocycles. The highest BCUT2D eigenvalue weighted by atomic mass is 16.5. The minimum atomic E-state index is 0.592. The van der Waals surface area contributed by atoms with Gasteiger partial charge in [0, 0.05) is 6.20 Å². The van der Waals surface area contributed by atoms with Crippen molar-refractivity contribution in [3.63, 3.8) is 0 Å². The average molecular weight is 290 g/mol. The van der Waals surface area contributed by atoms with Crippen LogP contribution in [0.1, 0.15) is 0 Å². The third-order valence-electron chi connectivity index (χ3n) is 3.61. The van der Waals surface area contributed by atoms with Crippen LogP contribution in [-0.4, -0.2) is 16.5 Å². The molecule has 0 aliphatic carbocycles. The van der Waals surface area contributed by atoms with E-state index in [2.05, 4.69) is 9.38 Å². The maximum Gasteiger partial charge on any atom is 0.244 e. The zero-order chi connectivity index (χ0) is 14.9. The molecule has 0 saturated carbocycles. The monoisotopic (exact) mass is 290 g/mol. The molecule has 0 N–H and O–H groups in total. The lowest BCUT2D eigenvalue weighted by Crippen LogP contribution is -1.95. The summed E-state index contributed by atoms with van der Waals surface area (Å²) in [4.78, 5) is 4.64. The molecule has 0 aliphatic heterocycles. The van der Waals surface area contributed by atoms with Crippen molar-refractivity contribution >= 4 is 16.6 Å². The molecule has 0 bridgehead atoms. The van der Waals surface area contributed by atoms with E-state index in [9.17, 15) is 0 Å². The van der Waals surface area contributed by atoms with Crippen LogP contribution in [0.15, 0.2) is 66.9 Å². The Morgan fingerprint density at radius 2 is 1.55 bits per heavy atom. The Hall–Kier alpha value is -3.01. The van der Waals surface area contributed by atoms with Crippen molar-refractivity contribution < 1.29 is 9.47 Å². The molecule has 108 valence electrons. The lowest BCUT2D eigenvalue weighted by atomic mass is 10.3. The first-order valence-corrected chi connectivity index (χ1v) is 7.03. The van der Waals surface area contributed by atoms with Crippen molar-refractivity contribution in [1.82, 2.24) is 9.38 Å². The van der Waals surface area contributed by atoms with Gasteiger partial charge < -0.3 is 13.9 Å². The number of nitrogens with zero attached hydrogens (tertiary/aromatic N) is 2. The first kappa shape index (κ1) is 12.7. The van der Waals surface area contributed by atoms with Crippen LogP contribution in [0.3, 0.4) is 0 Å². The third kappa shape index (κ3) is 2.05. The van der Waals surface area contributed by atoms with E-state index >= 15 is 0 Å². The first-order chi connectivity index (χ1) is 10.8. The Balaban J connectivity index is 1.83. The number of fused-ring (bicyclic) bond motifs is 3. The number of rotatable bonds is 3. The van der Waals surface area contributed by atoms with E-state index in [0.717, 1.165) is 28.0 Å². The predicted octanol–water partition coefficient (Wildman–Crippen LogP) is 4.29. The van der Waals surface area contributed by atoms with Gasteiger partial charge in [-0.15, -0.1) is 0 Å². The van der Waals surface area contributed by atoms with Gasteiger partial charge in [-0.25, -0.2) is 4.98 Å². The minimum Gasteiger partial charge on any atom is -0.497 e. The van der Waals surface area contributed by atoms with E-state index < -0.39 is 0 Å². The van der Waals surface area contributed by atoms with Gasteiger partial charge in [-0.2, -0.15) is 0 Å². The lowest BCUT2D eigenvalue weighted by Gasteiger charge is -2.10. The SMILES string of the molecule is COc1ccc(Oc2nc3ccccc3n3cccc23)cc1. The molecular formula is C18H14N2O2. The molecule has 4 aromatic rings. The molecule has 0 radical (unpaired) electrons. The molecular weight excluding hydrogens is 276 g/mol. The van der Waals surface area contributed by atoms with Gasteiger partial charge in [-0.1, -0.05) is 12.1 Å². The summed E-state index contributed by atoms with van der Waals surface area (Å²) in [6.07, 6.45) is 2.01. The summed E-state index contributed by atoms with van der Waals surface area (Å²) < 4.78 is 13.2. The molecule has 0 spiro atoms. The number of aromatic nitrogens is 2. The van der Waals surface area contributed by atoms with Gasteiger partial charge in [0.05, 0.1) is 18.1 Å². The van der Waals surface area contributed by atoms with Crippen LogP contribution < -0.4 is 9.47 Å². The van der Waals surface area contributed by atoms with Crippen molar-refractivity contribution in [1.29, 1.82) is 0 Å². The van der Waals surface area contributed by atoms with E-state index in [4.69, 9.17) is 9.47 Å². The van der Waals surface area contributed by atoms with Crippen molar-refractivity contribution in [3.8, 4) is 17.4 Å². The second-order valence-corrected chi connectivity index (χ2v) is 4.95. The molecule has 0 unspecified atom stereocenters. The third-order valence-corrected chi connectivity index (χ3v) is 3.61. The summed E-state index contributed by atoms with van der Waals surface area (Å²) >= 11 is 0. The number of hydrogen-bond donors (Lipinski definition) is 0. The Bertz CT molecular complexity index is 942. The predicted molar refractivity (Wildman–Crippen MR) is 85.8 cm³/mol. The molecule has 4 nitrogen and oxygen atoms in total. The summed E-state index contributed by atoms with van der Waals surface area (Å²) in [5, 5.41) is 0. The normalized spacial score (nSPS) is 11.0. The number of hydrogen-bond acceptors (Lipinski definition) is 3. The summed E-state index contributed by atoms with van der Waals surface area (Å²) in [6, 6.07) is 19.5. The molecule has 0 atom stereocenters. The summed E-state index contributed by atoms with van der Waals surface area (Å²) in [5.41, 5.74) is 2.90. The maximum absolute atomic E-state index is 5.97. The van der Waals surface area contributed by atoms with Crippen LogP contribution in [0.5, 0.6) is 17.4 Å². The summed E-state index contributed by atoms with van der Waals surface area (Å²) in [7, 11) is 1.64. The fraction of sp³-hybridized carbons (Fsp3) is 0.0556. The standard InChI is InChI=1S/C18H14N2O2/c1-21-13-8-10-14(11-9-13)22-18-17-7-4-12-20(17)16-6-3-2-5-15(16)19-18/h2-12H,1H3. The zero-order valence-electron chi connectivity index (χ0n) is 12.1. The van der Waals surface area contributed by atoms with E-state index in [-0.39, 0.29) is 0 Å². The summed E-state index contributed by atoms with van der Waals surface area (Å²) in [5.74, 6) is 2.12. The molecule has 4 rings (SSSR count). The Morgan fingerprint density at radius 3 is 2.36 bits per heavy atom. The molecule has 0 aliphatic rings. The van der Waals surface area contributed by atoms with Crippen molar-refractivity contribution in [2.45, 2.75) is 0 Å². The molecule has 22 heavy (non-hydrogen) atoms. The Kier molecular flexibility index (Phi) is 2.93. The number of methoxy groups -OCH3 is 1. The fourth-order valence-electron chi connectivity index (χ4n) is 2.52. The van der Waals surface area contributed by atoms with Crippen LogP contribution >= 0.6 is 0 Å². The average Bonchev–Trinajstić information content (AvgIpc) is 3.06. The fourth-order valence-corrected chi connectivity index (χ4v) is 2.52. The van der Waals surface area contributed by atoms with Crippen molar-refractivity contribution in [2.75, 3.05) is 7.11 Å². The second-order valence-electron chi connectivity index (χ2n) is 4.95. The van der Waals surface area contributed by atoms with Gasteiger partial charge >= 0.3 is 0 Å². The van der Waals surface area contributed by atoms with Crippen LogP contribution in [0.2, 0.25) is 0 Å².